The van der Waals surface area contributed by atoms with Crippen molar-refractivity contribution in [3.63, 3.8) is 0 Å². The molecule has 0 radical (unpaired) electrons. The summed E-state index contributed by atoms with van der Waals surface area (Å²) in [7, 11) is 1.53. The zero-order chi connectivity index (χ0) is 24.8. The second-order valence-corrected chi connectivity index (χ2v) is 8.24. The molecule has 2 fully saturated rings. The summed E-state index contributed by atoms with van der Waals surface area (Å²) >= 11 is 0. The highest BCUT2D eigenvalue weighted by molar-refractivity contribution is 5.99. The lowest BCUT2D eigenvalue weighted by Crippen LogP contribution is -2.64. The normalized spacial score (nSPS) is 20.0. The van der Waals surface area contributed by atoms with E-state index in [0.717, 1.165) is 6.42 Å². The number of carbonyl (C=O) groups is 4. The molecule has 35 heavy (non-hydrogen) atoms. The molecular weight excluding hydrogens is 454 g/mol. The summed E-state index contributed by atoms with van der Waals surface area (Å²) in [6.45, 7) is 0.845. The number of anilines is 1. The Hall–Kier alpha value is -4.22. The van der Waals surface area contributed by atoms with Gasteiger partial charge in [-0.3, -0.25) is 14.4 Å². The Morgan fingerprint density at radius 1 is 1.17 bits per heavy atom. The maximum absolute atomic E-state index is 13.3. The van der Waals surface area contributed by atoms with Gasteiger partial charge in [-0.1, -0.05) is 6.07 Å². The van der Waals surface area contributed by atoms with E-state index in [4.69, 9.17) is 4.74 Å². The van der Waals surface area contributed by atoms with Crippen LogP contribution in [0, 0.1) is 0 Å². The van der Waals surface area contributed by atoms with Crippen molar-refractivity contribution in [3.8, 4) is 5.75 Å². The molecule has 12 nitrogen and oxygen atoms in total. The highest BCUT2D eigenvalue weighted by atomic mass is 16.5. The molecule has 3 heterocycles. The summed E-state index contributed by atoms with van der Waals surface area (Å²) in [6, 6.07) is 4.81. The molecule has 0 saturated carbocycles. The maximum atomic E-state index is 13.3. The van der Waals surface area contributed by atoms with Gasteiger partial charge in [-0.15, -0.1) is 0 Å². The van der Waals surface area contributed by atoms with E-state index in [1.807, 2.05) is 0 Å². The molecule has 12 heteroatoms. The molecule has 2 aliphatic heterocycles. The average Bonchev–Trinajstić information content (AvgIpc) is 2.89. The number of piperidine rings is 1. The molecule has 184 valence electrons. The monoisotopic (exact) mass is 481 g/mol. The van der Waals surface area contributed by atoms with Gasteiger partial charge in [-0.05, 0) is 25.0 Å². The lowest BCUT2D eigenvalue weighted by Gasteiger charge is -2.41. The third-order valence-corrected chi connectivity index (χ3v) is 5.96. The molecule has 2 aromatic rings. The number of hydrogen-bond acceptors (Lipinski definition) is 7. The van der Waals surface area contributed by atoms with Crippen LogP contribution >= 0.6 is 0 Å². The minimum atomic E-state index is -0.998. The van der Waals surface area contributed by atoms with Crippen LogP contribution in [0.5, 0.6) is 5.75 Å². The summed E-state index contributed by atoms with van der Waals surface area (Å²) in [5.74, 6) is -0.600. The first-order valence-corrected chi connectivity index (χ1v) is 11.3. The Labute approximate surface area is 202 Å². The van der Waals surface area contributed by atoms with Gasteiger partial charge in [-0.2, -0.15) is 0 Å². The highest BCUT2D eigenvalue weighted by Gasteiger charge is 2.39. The third kappa shape index (κ3) is 5.65. The summed E-state index contributed by atoms with van der Waals surface area (Å²) in [4.78, 5) is 62.2. The van der Waals surface area contributed by atoms with Crippen LogP contribution in [0.2, 0.25) is 0 Å². The molecule has 2 aliphatic rings. The molecule has 0 aliphatic carbocycles. The van der Waals surface area contributed by atoms with Crippen LogP contribution in [0.4, 0.5) is 10.5 Å². The van der Waals surface area contributed by atoms with Crippen LogP contribution in [-0.4, -0.2) is 88.9 Å². The van der Waals surface area contributed by atoms with Crippen LogP contribution in [0.15, 0.2) is 43.0 Å². The second-order valence-electron chi connectivity index (χ2n) is 8.24. The van der Waals surface area contributed by atoms with E-state index in [-0.39, 0.29) is 31.1 Å². The molecule has 2 unspecified atom stereocenters. The number of rotatable bonds is 5. The fourth-order valence-corrected chi connectivity index (χ4v) is 4.09. The minimum absolute atomic E-state index is 0.0462. The Bertz CT molecular complexity index is 1100. The Morgan fingerprint density at radius 2 is 1.97 bits per heavy atom. The van der Waals surface area contributed by atoms with E-state index >= 15 is 0 Å². The van der Waals surface area contributed by atoms with Crippen LogP contribution in [0.3, 0.4) is 0 Å². The van der Waals surface area contributed by atoms with Gasteiger partial charge in [0.25, 0.3) is 5.91 Å². The smallest absolute Gasteiger partial charge is 0.321 e. The zero-order valence-electron chi connectivity index (χ0n) is 19.3. The molecule has 2 atom stereocenters. The molecule has 0 bridgehead atoms. The van der Waals surface area contributed by atoms with Crippen molar-refractivity contribution >= 4 is 29.4 Å². The largest absolute Gasteiger partial charge is 0.497 e. The van der Waals surface area contributed by atoms with E-state index in [1.54, 1.807) is 24.3 Å². The van der Waals surface area contributed by atoms with Gasteiger partial charge in [0.05, 0.1) is 19.2 Å². The number of benzene rings is 1. The molecule has 2 saturated heterocycles. The fourth-order valence-electron chi connectivity index (χ4n) is 4.09. The zero-order valence-corrected chi connectivity index (χ0v) is 19.3. The number of methoxy groups -OCH3 is 1. The third-order valence-electron chi connectivity index (χ3n) is 5.96. The molecule has 3 N–H and O–H groups in total. The SMILES string of the molecule is COc1cccc(NC(=O)N2CCN(C(=O)c3cncnc3)C(C(=O)NC3CCCNC3=O)C2)c1. The minimum Gasteiger partial charge on any atom is -0.497 e. The van der Waals surface area contributed by atoms with Crippen molar-refractivity contribution in [1.29, 1.82) is 0 Å². The van der Waals surface area contributed by atoms with Gasteiger partial charge in [-0.25, -0.2) is 14.8 Å². The fraction of sp³-hybridized carbons (Fsp3) is 0.391. The topological polar surface area (TPSA) is 146 Å². The maximum Gasteiger partial charge on any atom is 0.321 e. The predicted octanol–water partition coefficient (Wildman–Crippen LogP) is 0.239. The van der Waals surface area contributed by atoms with Crippen molar-refractivity contribution in [3.05, 3.63) is 48.5 Å². The molecule has 1 aromatic heterocycles. The van der Waals surface area contributed by atoms with Crippen molar-refractivity contribution in [1.82, 2.24) is 30.4 Å². The first kappa shape index (κ1) is 23.9. The van der Waals surface area contributed by atoms with Crippen molar-refractivity contribution < 1.29 is 23.9 Å². The van der Waals surface area contributed by atoms with Gasteiger partial charge in [0, 0.05) is 43.8 Å². The van der Waals surface area contributed by atoms with Crippen molar-refractivity contribution in [2.75, 3.05) is 38.6 Å². The van der Waals surface area contributed by atoms with Gasteiger partial charge in [0.1, 0.15) is 24.2 Å². The number of aromatic nitrogens is 2. The van der Waals surface area contributed by atoms with E-state index in [2.05, 4.69) is 25.9 Å². The predicted molar refractivity (Wildman–Crippen MR) is 125 cm³/mol. The van der Waals surface area contributed by atoms with Gasteiger partial charge < -0.3 is 30.5 Å². The number of nitrogens with one attached hydrogen (secondary N) is 3. The molecular formula is C23H27N7O5. The molecule has 5 amide bonds. The highest BCUT2D eigenvalue weighted by Crippen LogP contribution is 2.19. The summed E-state index contributed by atoms with van der Waals surface area (Å²) in [5.41, 5.74) is 0.768. The molecule has 4 rings (SSSR count). The number of hydrogen-bond donors (Lipinski definition) is 3. The van der Waals surface area contributed by atoms with Gasteiger partial charge in [0.15, 0.2) is 0 Å². The van der Waals surface area contributed by atoms with E-state index in [9.17, 15) is 19.2 Å². The quantitative estimate of drug-likeness (QED) is 0.554. The standard InChI is InChI=1S/C23H27N7O5/c1-35-17-5-2-4-16(10-17)27-23(34)29-8-9-30(22(33)15-11-24-14-25-12-15)19(13-29)21(32)28-18-6-3-7-26-20(18)31/h2,4-5,10-12,14,18-19H,3,6-9,13H2,1H3,(H,26,31)(H,27,34)(H,28,32). The van der Waals surface area contributed by atoms with Gasteiger partial charge >= 0.3 is 6.03 Å². The number of urea groups is 1. The second kappa shape index (κ2) is 10.8. The van der Waals surface area contributed by atoms with Crippen LogP contribution in [-0.2, 0) is 9.59 Å². The Morgan fingerprint density at radius 3 is 2.71 bits per heavy atom. The number of nitrogens with zero attached hydrogens (tertiary/aromatic N) is 4. The number of amides is 5. The lowest BCUT2D eigenvalue weighted by molar-refractivity contribution is -0.133. The average molecular weight is 482 g/mol. The summed E-state index contributed by atoms with van der Waals surface area (Å²) in [6.07, 6.45) is 5.30. The van der Waals surface area contributed by atoms with Crippen LogP contribution < -0.4 is 20.7 Å². The Kier molecular flexibility index (Phi) is 7.38. The van der Waals surface area contributed by atoms with E-state index < -0.39 is 29.9 Å². The Balaban J connectivity index is 1.51. The van der Waals surface area contributed by atoms with E-state index in [0.29, 0.717) is 24.4 Å². The van der Waals surface area contributed by atoms with Crippen LogP contribution in [0.1, 0.15) is 23.2 Å². The lowest BCUT2D eigenvalue weighted by atomic mass is 10.0. The number of ether oxygens (including phenoxy) is 1. The van der Waals surface area contributed by atoms with E-state index in [1.165, 1.54) is 35.6 Å². The number of carbonyl (C=O) groups excluding carboxylic acids is 4. The first-order chi connectivity index (χ1) is 17.0. The van der Waals surface area contributed by atoms with Crippen LogP contribution in [0.25, 0.3) is 0 Å². The molecule has 0 spiro atoms. The van der Waals surface area contributed by atoms with Crippen molar-refractivity contribution in [2.24, 2.45) is 0 Å². The molecule has 1 aromatic carbocycles. The van der Waals surface area contributed by atoms with Gasteiger partial charge in [0.2, 0.25) is 11.8 Å². The summed E-state index contributed by atoms with van der Waals surface area (Å²) < 4.78 is 5.19. The first-order valence-electron chi connectivity index (χ1n) is 11.3. The number of piperazine rings is 1. The summed E-state index contributed by atoms with van der Waals surface area (Å²) in [5, 5.41) is 8.27. The van der Waals surface area contributed by atoms with Crippen molar-refractivity contribution in [2.45, 2.75) is 24.9 Å².